The van der Waals surface area contributed by atoms with Crippen LogP contribution in [0, 0.1) is 0 Å². The Kier molecular flexibility index (Phi) is 11.3. The second-order valence-electron chi connectivity index (χ2n) is 7.91. The monoisotopic (exact) mass is 515 g/mol. The molecule has 1 saturated carbocycles. The molecule has 1 aliphatic heterocycles. The molecule has 0 unspecified atom stereocenters. The summed E-state index contributed by atoms with van der Waals surface area (Å²) in [4.78, 5) is 9.41. The summed E-state index contributed by atoms with van der Waals surface area (Å²) in [5, 5.41) is 6.86. The Bertz CT molecular complexity index is 600. The molecule has 164 valence electrons. The van der Waals surface area contributed by atoms with Crippen molar-refractivity contribution in [3.8, 4) is 0 Å². The third kappa shape index (κ3) is 8.78. The zero-order valence-corrected chi connectivity index (χ0v) is 20.4. The van der Waals surface area contributed by atoms with E-state index in [0.29, 0.717) is 0 Å². The molecule has 1 aromatic carbocycles. The second-order valence-corrected chi connectivity index (χ2v) is 7.91. The van der Waals surface area contributed by atoms with Crippen molar-refractivity contribution in [2.75, 3.05) is 53.5 Å². The van der Waals surface area contributed by atoms with Gasteiger partial charge in [-0.2, -0.15) is 0 Å². The average molecular weight is 515 g/mol. The number of hydrogen-bond acceptors (Lipinski definition) is 4. The standard InChI is InChI=1S/C22H37N5O.HI/c1-23-22(24-11-14-27(15-16-28-2)21-9-10-21)25-17-19-5-7-20(8-6-19)18-26-12-3-4-13-26;/h5-8,21H,3-4,9-18H2,1-2H3,(H2,23,24,25);1H. The van der Waals surface area contributed by atoms with Gasteiger partial charge in [-0.05, 0) is 49.9 Å². The molecule has 3 rings (SSSR count). The Morgan fingerprint density at radius 3 is 2.41 bits per heavy atom. The van der Waals surface area contributed by atoms with Crippen LogP contribution in [0.25, 0.3) is 0 Å². The average Bonchev–Trinajstić information content (AvgIpc) is 3.44. The van der Waals surface area contributed by atoms with Gasteiger partial charge in [0.05, 0.1) is 6.61 Å². The molecule has 1 aromatic rings. The molecule has 1 heterocycles. The van der Waals surface area contributed by atoms with Gasteiger partial charge < -0.3 is 15.4 Å². The van der Waals surface area contributed by atoms with E-state index in [2.05, 4.69) is 49.7 Å². The zero-order valence-electron chi connectivity index (χ0n) is 18.0. The fourth-order valence-corrected chi connectivity index (χ4v) is 3.81. The molecule has 29 heavy (non-hydrogen) atoms. The summed E-state index contributed by atoms with van der Waals surface area (Å²) in [6.07, 6.45) is 5.34. The lowest BCUT2D eigenvalue weighted by molar-refractivity contribution is 0.144. The zero-order chi connectivity index (χ0) is 19.6. The highest BCUT2D eigenvalue weighted by Gasteiger charge is 2.28. The van der Waals surface area contributed by atoms with Gasteiger partial charge >= 0.3 is 0 Å². The molecule has 2 N–H and O–H groups in total. The van der Waals surface area contributed by atoms with Crippen LogP contribution in [-0.2, 0) is 17.8 Å². The molecule has 1 saturated heterocycles. The van der Waals surface area contributed by atoms with E-state index in [1.807, 2.05) is 7.05 Å². The number of methoxy groups -OCH3 is 1. The number of ether oxygens (including phenoxy) is 1. The van der Waals surface area contributed by atoms with Gasteiger partial charge in [-0.1, -0.05) is 24.3 Å². The summed E-state index contributed by atoms with van der Waals surface area (Å²) < 4.78 is 5.23. The number of rotatable bonds is 11. The number of guanidine groups is 1. The summed E-state index contributed by atoms with van der Waals surface area (Å²) in [5.41, 5.74) is 2.69. The first-order valence-electron chi connectivity index (χ1n) is 10.8. The van der Waals surface area contributed by atoms with Gasteiger partial charge in [-0.3, -0.25) is 14.8 Å². The largest absolute Gasteiger partial charge is 0.383 e. The van der Waals surface area contributed by atoms with Crippen molar-refractivity contribution >= 4 is 29.9 Å². The van der Waals surface area contributed by atoms with Gasteiger partial charge in [0.25, 0.3) is 0 Å². The van der Waals surface area contributed by atoms with E-state index in [-0.39, 0.29) is 24.0 Å². The first-order chi connectivity index (χ1) is 13.8. The molecule has 0 radical (unpaired) electrons. The number of nitrogens with zero attached hydrogens (tertiary/aromatic N) is 3. The Balaban J connectivity index is 0.00000300. The van der Waals surface area contributed by atoms with E-state index < -0.39 is 0 Å². The van der Waals surface area contributed by atoms with E-state index in [9.17, 15) is 0 Å². The fourth-order valence-electron chi connectivity index (χ4n) is 3.81. The first kappa shape index (κ1) is 24.4. The SMILES string of the molecule is CN=C(NCCN(CCOC)C1CC1)NCc1ccc(CN2CCCC2)cc1.I. The van der Waals surface area contributed by atoms with Crippen molar-refractivity contribution in [2.45, 2.75) is 44.8 Å². The van der Waals surface area contributed by atoms with Crippen molar-refractivity contribution in [1.82, 2.24) is 20.4 Å². The van der Waals surface area contributed by atoms with E-state index in [0.717, 1.165) is 51.3 Å². The summed E-state index contributed by atoms with van der Waals surface area (Å²) in [7, 11) is 3.60. The highest BCUT2D eigenvalue weighted by atomic mass is 127. The Hall–Kier alpha value is -0.900. The summed E-state index contributed by atoms with van der Waals surface area (Å²) in [6, 6.07) is 9.73. The van der Waals surface area contributed by atoms with Crippen LogP contribution in [0.15, 0.2) is 29.3 Å². The number of aliphatic imine (C=N–C) groups is 1. The first-order valence-corrected chi connectivity index (χ1v) is 10.8. The van der Waals surface area contributed by atoms with E-state index in [1.54, 1.807) is 7.11 Å². The Morgan fingerprint density at radius 1 is 1.10 bits per heavy atom. The summed E-state index contributed by atoms with van der Waals surface area (Å²) >= 11 is 0. The maximum atomic E-state index is 5.23. The van der Waals surface area contributed by atoms with Gasteiger partial charge in [0.2, 0.25) is 0 Å². The summed E-state index contributed by atoms with van der Waals surface area (Å²) in [6.45, 7) is 8.10. The van der Waals surface area contributed by atoms with Gasteiger partial charge in [0.1, 0.15) is 0 Å². The molecule has 6 nitrogen and oxygen atoms in total. The van der Waals surface area contributed by atoms with E-state index in [4.69, 9.17) is 4.74 Å². The van der Waals surface area contributed by atoms with Crippen LogP contribution < -0.4 is 10.6 Å². The Morgan fingerprint density at radius 2 is 1.79 bits per heavy atom. The van der Waals surface area contributed by atoms with Crippen LogP contribution in [0.1, 0.15) is 36.8 Å². The lowest BCUT2D eigenvalue weighted by Gasteiger charge is -2.22. The van der Waals surface area contributed by atoms with Crippen molar-refractivity contribution < 1.29 is 4.74 Å². The Labute approximate surface area is 193 Å². The molecule has 2 fully saturated rings. The molecule has 7 heteroatoms. The molecule has 2 aliphatic rings. The number of benzene rings is 1. The van der Waals surface area contributed by atoms with Gasteiger partial charge in [0, 0.05) is 52.9 Å². The molecular formula is C22H38IN5O. The van der Waals surface area contributed by atoms with Crippen LogP contribution in [-0.4, -0.2) is 75.3 Å². The van der Waals surface area contributed by atoms with Crippen LogP contribution in [0.3, 0.4) is 0 Å². The molecule has 1 aliphatic carbocycles. The molecule has 0 amide bonds. The van der Waals surface area contributed by atoms with Crippen LogP contribution >= 0.6 is 24.0 Å². The number of likely N-dealkylation sites (tertiary alicyclic amines) is 1. The maximum Gasteiger partial charge on any atom is 0.191 e. The van der Waals surface area contributed by atoms with Crippen LogP contribution in [0.5, 0.6) is 0 Å². The molecule has 0 bridgehead atoms. The van der Waals surface area contributed by atoms with Gasteiger partial charge in [-0.15, -0.1) is 24.0 Å². The predicted octanol–water partition coefficient (Wildman–Crippen LogP) is 2.68. The van der Waals surface area contributed by atoms with Crippen molar-refractivity contribution in [3.05, 3.63) is 35.4 Å². The number of halogens is 1. The quantitative estimate of drug-likeness (QED) is 0.270. The van der Waals surface area contributed by atoms with Crippen molar-refractivity contribution in [1.29, 1.82) is 0 Å². The lowest BCUT2D eigenvalue weighted by atomic mass is 10.1. The fraction of sp³-hybridized carbons (Fsp3) is 0.682. The third-order valence-electron chi connectivity index (χ3n) is 5.65. The summed E-state index contributed by atoms with van der Waals surface area (Å²) in [5.74, 6) is 0.864. The smallest absolute Gasteiger partial charge is 0.191 e. The maximum absolute atomic E-state index is 5.23. The molecule has 0 aromatic heterocycles. The predicted molar refractivity (Wildman–Crippen MR) is 131 cm³/mol. The number of hydrogen-bond donors (Lipinski definition) is 2. The lowest BCUT2D eigenvalue weighted by Crippen LogP contribution is -2.42. The van der Waals surface area contributed by atoms with Crippen molar-refractivity contribution in [3.63, 3.8) is 0 Å². The van der Waals surface area contributed by atoms with Gasteiger partial charge in [0.15, 0.2) is 5.96 Å². The van der Waals surface area contributed by atoms with E-state index in [1.165, 1.54) is 49.9 Å². The molecule has 0 atom stereocenters. The van der Waals surface area contributed by atoms with Crippen LogP contribution in [0.4, 0.5) is 0 Å². The highest BCUT2D eigenvalue weighted by Crippen LogP contribution is 2.25. The second kappa shape index (κ2) is 13.4. The minimum Gasteiger partial charge on any atom is -0.383 e. The van der Waals surface area contributed by atoms with Gasteiger partial charge in [-0.25, -0.2) is 0 Å². The minimum atomic E-state index is 0. The van der Waals surface area contributed by atoms with E-state index >= 15 is 0 Å². The minimum absolute atomic E-state index is 0. The molecular weight excluding hydrogens is 477 g/mol. The molecule has 0 spiro atoms. The third-order valence-corrected chi connectivity index (χ3v) is 5.65. The normalized spacial score (nSPS) is 17.4. The topological polar surface area (TPSA) is 52.1 Å². The van der Waals surface area contributed by atoms with Crippen LogP contribution in [0.2, 0.25) is 0 Å². The highest BCUT2D eigenvalue weighted by molar-refractivity contribution is 14.0. The van der Waals surface area contributed by atoms with Crippen molar-refractivity contribution in [2.24, 2.45) is 4.99 Å². The number of nitrogens with one attached hydrogen (secondary N) is 2.